The number of nitrogens with two attached hydrogens (primary N) is 1. The van der Waals surface area contributed by atoms with Crippen LogP contribution in [0.4, 0.5) is 10.3 Å². The number of carbonyl (C=O) groups is 1. The highest BCUT2D eigenvalue weighted by atomic mass is 19.1. The van der Waals surface area contributed by atoms with E-state index in [1.807, 2.05) is 6.07 Å². The van der Waals surface area contributed by atoms with Crippen LogP contribution in [0.15, 0.2) is 53.7 Å². The number of amides is 1. The average molecular weight is 409 g/mol. The van der Waals surface area contributed by atoms with Gasteiger partial charge in [-0.15, -0.1) is 5.10 Å². The van der Waals surface area contributed by atoms with Gasteiger partial charge in [0.1, 0.15) is 11.9 Å². The van der Waals surface area contributed by atoms with Gasteiger partial charge in [-0.25, -0.2) is 9.07 Å². The molecule has 0 aliphatic carbocycles. The molecule has 0 radical (unpaired) electrons. The molecule has 2 heterocycles. The van der Waals surface area contributed by atoms with Gasteiger partial charge < -0.3 is 20.5 Å². The number of methoxy groups -OCH3 is 2. The number of nitrogens with one attached hydrogen (secondary N) is 1. The first-order valence-corrected chi connectivity index (χ1v) is 9.15. The molecule has 8 nitrogen and oxygen atoms in total. The maximum absolute atomic E-state index is 13.5. The van der Waals surface area contributed by atoms with Crippen LogP contribution in [0.1, 0.15) is 18.5 Å². The second kappa shape index (κ2) is 7.51. The number of allylic oxidation sites excluding steroid dienone is 1. The molecule has 0 saturated heterocycles. The van der Waals surface area contributed by atoms with Crippen molar-refractivity contribution < 1.29 is 18.7 Å². The van der Waals surface area contributed by atoms with Crippen LogP contribution >= 0.6 is 0 Å². The van der Waals surface area contributed by atoms with Crippen molar-refractivity contribution in [2.24, 2.45) is 5.73 Å². The van der Waals surface area contributed by atoms with Gasteiger partial charge >= 0.3 is 0 Å². The first-order valence-electron chi connectivity index (χ1n) is 9.15. The van der Waals surface area contributed by atoms with E-state index < -0.39 is 11.9 Å². The van der Waals surface area contributed by atoms with Crippen LogP contribution in [0.3, 0.4) is 0 Å². The average Bonchev–Trinajstić information content (AvgIpc) is 3.16. The lowest BCUT2D eigenvalue weighted by atomic mass is 9.95. The number of hydrogen-bond donors (Lipinski definition) is 2. The Bertz CT molecular complexity index is 1150. The van der Waals surface area contributed by atoms with E-state index >= 15 is 0 Å². The van der Waals surface area contributed by atoms with E-state index in [-0.39, 0.29) is 5.82 Å². The molecule has 1 aliphatic rings. The number of halogens is 1. The van der Waals surface area contributed by atoms with Crippen LogP contribution in [0, 0.1) is 5.82 Å². The van der Waals surface area contributed by atoms with Crippen LogP contribution in [-0.4, -0.2) is 34.9 Å². The second-order valence-corrected chi connectivity index (χ2v) is 6.76. The molecule has 4 rings (SSSR count). The SMILES string of the molecule is COc1ccc(-c2nc3n(n2)C(c2ccc(F)cc2)C(C(N)=O)=C(C)N3)cc1OC. The Hall–Kier alpha value is -3.88. The summed E-state index contributed by atoms with van der Waals surface area (Å²) in [6, 6.07) is 10.6. The summed E-state index contributed by atoms with van der Waals surface area (Å²) < 4.78 is 25.7. The fourth-order valence-corrected chi connectivity index (χ4v) is 3.52. The van der Waals surface area contributed by atoms with E-state index in [4.69, 9.17) is 15.2 Å². The summed E-state index contributed by atoms with van der Waals surface area (Å²) in [5, 5.41) is 7.69. The van der Waals surface area contributed by atoms with Crippen molar-refractivity contribution in [2.45, 2.75) is 13.0 Å². The third-order valence-corrected chi connectivity index (χ3v) is 4.95. The predicted molar refractivity (Wildman–Crippen MR) is 109 cm³/mol. The van der Waals surface area contributed by atoms with Gasteiger partial charge in [0.25, 0.3) is 0 Å². The molecule has 1 aliphatic heterocycles. The van der Waals surface area contributed by atoms with E-state index in [9.17, 15) is 9.18 Å². The topological polar surface area (TPSA) is 104 Å². The lowest BCUT2D eigenvalue weighted by Crippen LogP contribution is -2.31. The fourth-order valence-electron chi connectivity index (χ4n) is 3.52. The largest absolute Gasteiger partial charge is 0.493 e. The van der Waals surface area contributed by atoms with Gasteiger partial charge in [-0.2, -0.15) is 4.98 Å². The Morgan fingerprint density at radius 2 is 1.83 bits per heavy atom. The standard InChI is InChI=1S/C21H20FN5O3/c1-11-17(19(23)28)18(12-4-7-14(22)8-5-12)27-21(24-11)25-20(26-27)13-6-9-15(29-2)16(10-13)30-3/h4-10,18H,1-3H3,(H2,23,28)(H,24,25,26). The number of aromatic nitrogens is 3. The van der Waals surface area contributed by atoms with Crippen molar-refractivity contribution in [3.8, 4) is 22.9 Å². The highest BCUT2D eigenvalue weighted by Crippen LogP contribution is 2.37. The molecule has 1 aromatic heterocycles. The van der Waals surface area contributed by atoms with Crippen molar-refractivity contribution in [3.63, 3.8) is 0 Å². The van der Waals surface area contributed by atoms with Crippen LogP contribution in [0.25, 0.3) is 11.4 Å². The molecule has 9 heteroatoms. The Balaban J connectivity index is 1.84. The van der Waals surface area contributed by atoms with Crippen LogP contribution in [0.5, 0.6) is 11.5 Å². The van der Waals surface area contributed by atoms with Gasteiger partial charge in [0, 0.05) is 11.3 Å². The molecule has 0 bridgehead atoms. The smallest absolute Gasteiger partial charge is 0.248 e. The number of fused-ring (bicyclic) bond motifs is 1. The molecular weight excluding hydrogens is 389 g/mol. The summed E-state index contributed by atoms with van der Waals surface area (Å²) in [5.41, 5.74) is 7.92. The van der Waals surface area contributed by atoms with E-state index in [2.05, 4.69) is 15.4 Å². The van der Waals surface area contributed by atoms with Gasteiger partial charge in [-0.05, 0) is 42.8 Å². The maximum Gasteiger partial charge on any atom is 0.248 e. The fraction of sp³-hybridized carbons (Fsp3) is 0.190. The summed E-state index contributed by atoms with van der Waals surface area (Å²) in [5.74, 6) is 1.02. The van der Waals surface area contributed by atoms with Crippen molar-refractivity contribution in [2.75, 3.05) is 19.5 Å². The Kier molecular flexibility index (Phi) is 4.86. The third kappa shape index (κ3) is 3.24. The molecule has 0 spiro atoms. The minimum atomic E-state index is -0.638. The van der Waals surface area contributed by atoms with Crippen molar-refractivity contribution in [3.05, 3.63) is 65.1 Å². The normalized spacial score (nSPS) is 15.4. The van der Waals surface area contributed by atoms with Gasteiger partial charge in [-0.3, -0.25) is 4.79 Å². The molecule has 0 saturated carbocycles. The zero-order valence-electron chi connectivity index (χ0n) is 16.6. The molecule has 1 atom stereocenters. The van der Waals surface area contributed by atoms with Gasteiger partial charge in [0.15, 0.2) is 17.3 Å². The number of anilines is 1. The molecule has 0 fully saturated rings. The van der Waals surface area contributed by atoms with Crippen LogP contribution < -0.4 is 20.5 Å². The molecule has 1 unspecified atom stereocenters. The minimum absolute atomic E-state index is 0.331. The quantitative estimate of drug-likeness (QED) is 0.672. The van der Waals surface area contributed by atoms with Crippen molar-refractivity contribution in [1.29, 1.82) is 0 Å². The van der Waals surface area contributed by atoms with Crippen molar-refractivity contribution >= 4 is 11.9 Å². The maximum atomic E-state index is 13.5. The number of rotatable bonds is 5. The van der Waals surface area contributed by atoms with Crippen LogP contribution in [0.2, 0.25) is 0 Å². The van der Waals surface area contributed by atoms with Gasteiger partial charge in [-0.1, -0.05) is 12.1 Å². The second-order valence-electron chi connectivity index (χ2n) is 6.76. The summed E-state index contributed by atoms with van der Waals surface area (Å²) in [6.45, 7) is 1.74. The van der Waals surface area contributed by atoms with E-state index in [1.54, 1.807) is 50.1 Å². The summed E-state index contributed by atoms with van der Waals surface area (Å²) in [6.07, 6.45) is 0. The first kappa shape index (κ1) is 19.4. The highest BCUT2D eigenvalue weighted by Gasteiger charge is 2.33. The molecule has 3 N–H and O–H groups in total. The lowest BCUT2D eigenvalue weighted by Gasteiger charge is -2.27. The number of nitrogens with zero attached hydrogens (tertiary/aromatic N) is 3. The molecule has 154 valence electrons. The van der Waals surface area contributed by atoms with E-state index in [0.29, 0.717) is 45.7 Å². The number of benzene rings is 2. The van der Waals surface area contributed by atoms with E-state index in [1.165, 1.54) is 12.1 Å². The number of carbonyl (C=O) groups excluding carboxylic acids is 1. The van der Waals surface area contributed by atoms with E-state index in [0.717, 1.165) is 0 Å². The monoisotopic (exact) mass is 409 g/mol. The molecular formula is C21H20FN5O3. The molecule has 3 aromatic rings. The van der Waals surface area contributed by atoms with Gasteiger partial charge in [0.05, 0.1) is 19.8 Å². The Labute approximate surface area is 172 Å². The van der Waals surface area contributed by atoms with Crippen molar-refractivity contribution in [1.82, 2.24) is 14.8 Å². The summed E-state index contributed by atoms with van der Waals surface area (Å²) in [4.78, 5) is 16.8. The lowest BCUT2D eigenvalue weighted by molar-refractivity contribution is -0.115. The molecule has 2 aromatic carbocycles. The zero-order chi connectivity index (χ0) is 21.4. The third-order valence-electron chi connectivity index (χ3n) is 4.95. The highest BCUT2D eigenvalue weighted by molar-refractivity contribution is 5.95. The Morgan fingerprint density at radius 1 is 1.13 bits per heavy atom. The summed E-state index contributed by atoms with van der Waals surface area (Å²) >= 11 is 0. The minimum Gasteiger partial charge on any atom is -0.493 e. The Morgan fingerprint density at radius 3 is 2.47 bits per heavy atom. The number of primary amides is 1. The molecule has 30 heavy (non-hydrogen) atoms. The number of ether oxygens (including phenoxy) is 2. The summed E-state index contributed by atoms with van der Waals surface area (Å²) in [7, 11) is 3.11. The predicted octanol–water partition coefficient (Wildman–Crippen LogP) is 2.88. The van der Waals surface area contributed by atoms with Crippen LogP contribution in [-0.2, 0) is 4.79 Å². The van der Waals surface area contributed by atoms with Gasteiger partial charge in [0.2, 0.25) is 11.9 Å². The first-order chi connectivity index (χ1) is 14.4. The zero-order valence-corrected chi connectivity index (χ0v) is 16.6. The molecule has 1 amide bonds. The number of hydrogen-bond acceptors (Lipinski definition) is 6.